The van der Waals surface area contributed by atoms with Crippen molar-refractivity contribution in [2.45, 2.75) is 31.7 Å². The number of anilines is 1. The molecule has 0 bridgehead atoms. The van der Waals surface area contributed by atoms with Gasteiger partial charge in [0.15, 0.2) is 0 Å². The Labute approximate surface area is 209 Å². The number of nitrogens with zero attached hydrogens (tertiary/aromatic N) is 4. The van der Waals surface area contributed by atoms with Crippen molar-refractivity contribution in [3.8, 4) is 11.5 Å². The second kappa shape index (κ2) is 9.47. The zero-order valence-electron chi connectivity index (χ0n) is 20.0. The van der Waals surface area contributed by atoms with Crippen LogP contribution in [-0.2, 0) is 12.8 Å². The Morgan fingerprint density at radius 2 is 1.71 bits per heavy atom. The normalized spacial score (nSPS) is 17.3. The summed E-state index contributed by atoms with van der Waals surface area (Å²) < 4.78 is 5.37. The lowest BCUT2D eigenvalue weighted by Gasteiger charge is -2.40. The molecule has 1 fully saturated rings. The summed E-state index contributed by atoms with van der Waals surface area (Å²) in [6.07, 6.45) is 6.58. The minimum absolute atomic E-state index is 0.0245. The summed E-state index contributed by atoms with van der Waals surface area (Å²) >= 11 is 1.86. The SMILES string of the molecule is COc1ccc(C(c2ccccc2O)N2CCN(c3ncnc4sc5c(c34)CCCC5)CC2)cc1. The lowest BCUT2D eigenvalue weighted by atomic mass is 9.95. The lowest BCUT2D eigenvalue weighted by molar-refractivity contribution is 0.209. The standard InChI is InChI=1S/C28H30N4O2S/c1-34-20-12-10-19(11-13-20)26(21-6-2-4-8-23(21)33)31-14-16-32(17-15-31)27-25-22-7-3-5-9-24(22)35-28(25)30-18-29-27/h2,4,6,8,10-13,18,26,33H,3,5,7,9,14-17H2,1H3. The maximum Gasteiger partial charge on any atom is 0.141 e. The molecule has 2 aromatic carbocycles. The van der Waals surface area contributed by atoms with Gasteiger partial charge in [-0.2, -0.15) is 0 Å². The molecule has 1 atom stereocenters. The van der Waals surface area contributed by atoms with Crippen LogP contribution in [-0.4, -0.2) is 53.3 Å². The highest BCUT2D eigenvalue weighted by Gasteiger charge is 2.30. The van der Waals surface area contributed by atoms with Crippen LogP contribution >= 0.6 is 11.3 Å². The van der Waals surface area contributed by atoms with Gasteiger partial charge in [-0.05, 0) is 55.0 Å². The summed E-state index contributed by atoms with van der Waals surface area (Å²) in [5, 5.41) is 12.0. The van der Waals surface area contributed by atoms with Gasteiger partial charge in [-0.1, -0.05) is 30.3 Å². The summed E-state index contributed by atoms with van der Waals surface area (Å²) in [5.74, 6) is 2.26. The number of fused-ring (bicyclic) bond motifs is 3. The van der Waals surface area contributed by atoms with E-state index in [-0.39, 0.29) is 6.04 Å². The minimum atomic E-state index is -0.0245. The molecule has 1 saturated heterocycles. The Morgan fingerprint density at radius 3 is 2.49 bits per heavy atom. The van der Waals surface area contributed by atoms with Gasteiger partial charge in [-0.25, -0.2) is 9.97 Å². The molecule has 0 radical (unpaired) electrons. The van der Waals surface area contributed by atoms with Crippen LogP contribution in [0.5, 0.6) is 11.5 Å². The number of thiophene rings is 1. The zero-order chi connectivity index (χ0) is 23.8. The number of ether oxygens (including phenoxy) is 1. The number of hydrogen-bond acceptors (Lipinski definition) is 7. The molecule has 2 aromatic heterocycles. The number of hydrogen-bond donors (Lipinski definition) is 1. The Hall–Kier alpha value is -3.16. The fraction of sp³-hybridized carbons (Fsp3) is 0.357. The number of methoxy groups -OCH3 is 1. The third-order valence-electron chi connectivity index (χ3n) is 7.37. The maximum atomic E-state index is 10.7. The predicted octanol–water partition coefficient (Wildman–Crippen LogP) is 5.20. The van der Waals surface area contributed by atoms with Crippen LogP contribution in [0.1, 0.15) is 40.5 Å². The highest BCUT2D eigenvalue weighted by molar-refractivity contribution is 7.19. The highest BCUT2D eigenvalue weighted by atomic mass is 32.1. The number of aromatic nitrogens is 2. The van der Waals surface area contributed by atoms with Gasteiger partial charge in [0.1, 0.15) is 28.5 Å². The topological polar surface area (TPSA) is 61.7 Å². The molecule has 2 aliphatic rings. The van der Waals surface area contributed by atoms with Gasteiger partial charge < -0.3 is 14.7 Å². The van der Waals surface area contributed by atoms with Crippen molar-refractivity contribution >= 4 is 27.4 Å². The van der Waals surface area contributed by atoms with E-state index in [9.17, 15) is 5.11 Å². The Morgan fingerprint density at radius 1 is 0.943 bits per heavy atom. The van der Waals surface area contributed by atoms with E-state index in [4.69, 9.17) is 9.72 Å². The largest absolute Gasteiger partial charge is 0.508 e. The van der Waals surface area contributed by atoms with Crippen molar-refractivity contribution in [3.63, 3.8) is 0 Å². The van der Waals surface area contributed by atoms with Crippen molar-refractivity contribution in [2.75, 3.05) is 38.2 Å². The van der Waals surface area contributed by atoms with Gasteiger partial charge in [-0.15, -0.1) is 11.3 Å². The number of rotatable bonds is 5. The molecule has 1 unspecified atom stereocenters. The number of benzene rings is 2. The molecule has 6 rings (SSSR count). The van der Waals surface area contributed by atoms with E-state index in [0.29, 0.717) is 5.75 Å². The molecular weight excluding hydrogens is 456 g/mol. The molecule has 180 valence electrons. The van der Waals surface area contributed by atoms with Gasteiger partial charge in [0.05, 0.1) is 18.5 Å². The molecule has 0 amide bonds. The van der Waals surface area contributed by atoms with Crippen molar-refractivity contribution in [1.29, 1.82) is 0 Å². The van der Waals surface area contributed by atoms with Gasteiger partial charge in [-0.3, -0.25) is 4.90 Å². The molecular formula is C28H30N4O2S. The van der Waals surface area contributed by atoms with Gasteiger partial charge in [0.25, 0.3) is 0 Å². The summed E-state index contributed by atoms with van der Waals surface area (Å²) in [7, 11) is 1.68. The number of aromatic hydroxyl groups is 1. The molecule has 1 aliphatic heterocycles. The van der Waals surface area contributed by atoms with Gasteiger partial charge in [0.2, 0.25) is 0 Å². The summed E-state index contributed by atoms with van der Waals surface area (Å²) in [5.41, 5.74) is 3.57. The van der Waals surface area contributed by atoms with Crippen molar-refractivity contribution < 1.29 is 9.84 Å². The second-order valence-electron chi connectivity index (χ2n) is 9.35. The predicted molar refractivity (Wildman–Crippen MR) is 141 cm³/mol. The Kier molecular flexibility index (Phi) is 6.04. The van der Waals surface area contributed by atoms with E-state index < -0.39 is 0 Å². The van der Waals surface area contributed by atoms with Crippen LogP contribution in [0.2, 0.25) is 0 Å². The number of piperazine rings is 1. The smallest absolute Gasteiger partial charge is 0.141 e. The van der Waals surface area contributed by atoms with E-state index in [1.54, 1.807) is 19.5 Å². The van der Waals surface area contributed by atoms with Crippen molar-refractivity contribution in [3.05, 3.63) is 76.4 Å². The van der Waals surface area contributed by atoms with Crippen molar-refractivity contribution in [1.82, 2.24) is 14.9 Å². The van der Waals surface area contributed by atoms with Crippen molar-refractivity contribution in [2.24, 2.45) is 0 Å². The number of phenolic OH excluding ortho intramolecular Hbond substituents is 1. The fourth-order valence-corrected chi connectivity index (χ4v) is 6.82. The maximum absolute atomic E-state index is 10.7. The molecule has 0 saturated carbocycles. The molecule has 1 N–H and O–H groups in total. The molecule has 35 heavy (non-hydrogen) atoms. The second-order valence-corrected chi connectivity index (χ2v) is 10.4. The van der Waals surface area contributed by atoms with Gasteiger partial charge >= 0.3 is 0 Å². The van der Waals surface area contributed by atoms with Crippen LogP contribution in [0.4, 0.5) is 5.82 Å². The van der Waals surface area contributed by atoms with Gasteiger partial charge in [0, 0.05) is 36.6 Å². The van der Waals surface area contributed by atoms with Crippen LogP contribution in [0.15, 0.2) is 54.9 Å². The van der Waals surface area contributed by atoms with E-state index in [1.807, 2.05) is 41.7 Å². The summed E-state index contributed by atoms with van der Waals surface area (Å²) in [6, 6.07) is 15.9. The fourth-order valence-electron chi connectivity index (χ4n) is 5.60. The average molecular weight is 487 g/mol. The average Bonchev–Trinajstić information content (AvgIpc) is 3.30. The van der Waals surface area contributed by atoms with E-state index >= 15 is 0 Å². The van der Waals surface area contributed by atoms with Crippen LogP contribution in [0.3, 0.4) is 0 Å². The first-order valence-corrected chi connectivity index (χ1v) is 13.2. The molecule has 6 nitrogen and oxygen atoms in total. The monoisotopic (exact) mass is 486 g/mol. The van der Waals surface area contributed by atoms with E-state index in [1.165, 1.54) is 35.1 Å². The molecule has 7 heteroatoms. The summed E-state index contributed by atoms with van der Waals surface area (Å²) in [4.78, 5) is 16.9. The zero-order valence-corrected chi connectivity index (χ0v) is 20.8. The highest BCUT2D eigenvalue weighted by Crippen LogP contribution is 2.40. The Balaban J connectivity index is 1.29. The first-order valence-electron chi connectivity index (χ1n) is 12.4. The number of aryl methyl sites for hydroxylation is 2. The molecule has 4 aromatic rings. The van der Waals surface area contributed by atoms with Crippen LogP contribution in [0.25, 0.3) is 10.2 Å². The lowest BCUT2D eigenvalue weighted by Crippen LogP contribution is -2.48. The van der Waals surface area contributed by atoms with E-state index in [0.717, 1.165) is 60.1 Å². The summed E-state index contributed by atoms with van der Waals surface area (Å²) in [6.45, 7) is 3.53. The van der Waals surface area contributed by atoms with E-state index in [2.05, 4.69) is 26.9 Å². The molecule has 1 aliphatic carbocycles. The minimum Gasteiger partial charge on any atom is -0.508 e. The third-order valence-corrected chi connectivity index (χ3v) is 8.57. The first kappa shape index (κ1) is 22.3. The number of phenols is 1. The van der Waals surface area contributed by atoms with Crippen LogP contribution in [0, 0.1) is 0 Å². The molecule has 0 spiro atoms. The Bertz CT molecular complexity index is 1330. The quantitative estimate of drug-likeness (QED) is 0.419. The third kappa shape index (κ3) is 4.13. The van der Waals surface area contributed by atoms with Crippen LogP contribution < -0.4 is 9.64 Å². The molecule has 3 heterocycles. The first-order chi connectivity index (χ1) is 17.2. The number of para-hydroxylation sites is 1.